The Morgan fingerprint density at radius 2 is 1.61 bits per heavy atom. The number of piperazine rings is 1. The molecule has 1 saturated heterocycles. The summed E-state index contributed by atoms with van der Waals surface area (Å²) < 4.78 is 16.0. The molecule has 1 fully saturated rings. The molecule has 1 heterocycles. The Balaban J connectivity index is 1.86. The van der Waals surface area contributed by atoms with Gasteiger partial charge in [0.25, 0.3) is 5.91 Å². The van der Waals surface area contributed by atoms with Gasteiger partial charge < -0.3 is 35.1 Å². The summed E-state index contributed by atoms with van der Waals surface area (Å²) in [4.78, 5) is 17.8. The van der Waals surface area contributed by atoms with Crippen LogP contribution >= 0.6 is 0 Å². The van der Waals surface area contributed by atoms with Gasteiger partial charge in [0, 0.05) is 37.4 Å². The number of nitrogen functional groups attached to an aromatic ring is 1. The zero-order valence-corrected chi connectivity index (χ0v) is 18.9. The number of anilines is 3. The van der Waals surface area contributed by atoms with Crippen molar-refractivity contribution in [1.29, 1.82) is 0 Å². The molecule has 0 aliphatic carbocycles. The zero-order valence-electron chi connectivity index (χ0n) is 18.9. The van der Waals surface area contributed by atoms with Gasteiger partial charge in [-0.2, -0.15) is 0 Å². The Kier molecular flexibility index (Phi) is 7.12. The summed E-state index contributed by atoms with van der Waals surface area (Å²) in [6, 6.07) is 7.10. The average Bonchev–Trinajstić information content (AvgIpc) is 2.79. The summed E-state index contributed by atoms with van der Waals surface area (Å²) in [5.41, 5.74) is 9.90. The first kappa shape index (κ1) is 22.6. The highest BCUT2D eigenvalue weighted by molar-refractivity contribution is 6.07. The molecule has 2 aromatic rings. The van der Waals surface area contributed by atoms with E-state index in [0.29, 0.717) is 34.2 Å². The van der Waals surface area contributed by atoms with Gasteiger partial charge in [-0.1, -0.05) is 6.92 Å². The quantitative estimate of drug-likeness (QED) is 0.655. The molecule has 1 amide bonds. The van der Waals surface area contributed by atoms with Crippen molar-refractivity contribution in [1.82, 2.24) is 4.90 Å². The molecule has 0 unspecified atom stereocenters. The summed E-state index contributed by atoms with van der Waals surface area (Å²) in [5, 5.41) is 2.94. The summed E-state index contributed by atoms with van der Waals surface area (Å²) in [5.74, 6) is 0.957. The van der Waals surface area contributed by atoms with Gasteiger partial charge in [0.05, 0.1) is 32.7 Å². The highest BCUT2D eigenvalue weighted by atomic mass is 16.5. The third-order valence-corrected chi connectivity index (χ3v) is 5.70. The fourth-order valence-electron chi connectivity index (χ4n) is 3.88. The van der Waals surface area contributed by atoms with Gasteiger partial charge in [-0.25, -0.2) is 0 Å². The monoisotopic (exact) mass is 428 g/mol. The Hall–Kier alpha value is -3.13. The van der Waals surface area contributed by atoms with E-state index in [-0.39, 0.29) is 5.91 Å². The molecule has 0 saturated carbocycles. The second-order valence-corrected chi connectivity index (χ2v) is 7.52. The maximum Gasteiger partial charge on any atom is 0.255 e. The van der Waals surface area contributed by atoms with Crippen molar-refractivity contribution in [3.63, 3.8) is 0 Å². The first-order chi connectivity index (χ1) is 14.9. The molecule has 3 rings (SSSR count). The summed E-state index contributed by atoms with van der Waals surface area (Å²) in [6.45, 7) is 9.22. The highest BCUT2D eigenvalue weighted by Crippen LogP contribution is 2.38. The van der Waals surface area contributed by atoms with E-state index in [2.05, 4.69) is 22.0 Å². The van der Waals surface area contributed by atoms with Crippen molar-refractivity contribution in [2.75, 3.05) is 70.0 Å². The lowest BCUT2D eigenvalue weighted by atomic mass is 10.1. The number of carbonyl (C=O) groups is 1. The minimum absolute atomic E-state index is 0.309. The number of hydrogen-bond donors (Lipinski definition) is 2. The number of amides is 1. The van der Waals surface area contributed by atoms with Crippen molar-refractivity contribution in [2.45, 2.75) is 13.8 Å². The van der Waals surface area contributed by atoms with Crippen molar-refractivity contribution in [3.8, 4) is 17.2 Å². The van der Waals surface area contributed by atoms with E-state index >= 15 is 0 Å². The van der Waals surface area contributed by atoms with Crippen molar-refractivity contribution >= 4 is 23.0 Å². The number of rotatable bonds is 7. The van der Waals surface area contributed by atoms with Crippen LogP contribution in [0.4, 0.5) is 17.1 Å². The maximum atomic E-state index is 13.0. The molecule has 0 aromatic heterocycles. The molecule has 0 bridgehead atoms. The van der Waals surface area contributed by atoms with Crippen LogP contribution in [0, 0.1) is 6.92 Å². The Morgan fingerprint density at radius 1 is 1.00 bits per heavy atom. The van der Waals surface area contributed by atoms with Crippen LogP contribution in [-0.2, 0) is 0 Å². The first-order valence-corrected chi connectivity index (χ1v) is 10.4. The molecular weight excluding hydrogens is 396 g/mol. The Labute approximate surface area is 183 Å². The van der Waals surface area contributed by atoms with Gasteiger partial charge in [0.2, 0.25) is 5.75 Å². The SMILES string of the molecule is CCN1CCN(c2cc(NC(=O)c3cc(OC)c(OC)c(OC)c3)c(N)cc2C)CC1. The zero-order chi connectivity index (χ0) is 22.5. The molecule has 3 N–H and O–H groups in total. The van der Waals surface area contributed by atoms with Gasteiger partial charge in [-0.05, 0) is 43.3 Å². The maximum absolute atomic E-state index is 13.0. The molecule has 0 spiro atoms. The number of methoxy groups -OCH3 is 3. The van der Waals surface area contributed by atoms with Crippen LogP contribution in [0.15, 0.2) is 24.3 Å². The van der Waals surface area contributed by atoms with Crippen LogP contribution in [0.3, 0.4) is 0 Å². The minimum atomic E-state index is -0.309. The van der Waals surface area contributed by atoms with E-state index in [9.17, 15) is 4.79 Å². The van der Waals surface area contributed by atoms with E-state index in [1.165, 1.54) is 21.3 Å². The van der Waals surface area contributed by atoms with E-state index in [1.807, 2.05) is 19.1 Å². The topological polar surface area (TPSA) is 89.3 Å². The molecule has 0 atom stereocenters. The number of carbonyl (C=O) groups excluding carboxylic acids is 1. The summed E-state index contributed by atoms with van der Waals surface area (Å²) in [6.07, 6.45) is 0. The molecule has 8 heteroatoms. The predicted molar refractivity (Wildman–Crippen MR) is 124 cm³/mol. The average molecular weight is 429 g/mol. The molecule has 1 aliphatic heterocycles. The summed E-state index contributed by atoms with van der Waals surface area (Å²) >= 11 is 0. The van der Waals surface area contributed by atoms with Crippen molar-refractivity contribution < 1.29 is 19.0 Å². The first-order valence-electron chi connectivity index (χ1n) is 10.4. The summed E-state index contributed by atoms with van der Waals surface area (Å²) in [7, 11) is 4.55. The fourth-order valence-corrected chi connectivity index (χ4v) is 3.88. The van der Waals surface area contributed by atoms with Crippen molar-refractivity contribution in [3.05, 3.63) is 35.4 Å². The number of aryl methyl sites for hydroxylation is 1. The van der Waals surface area contributed by atoms with Gasteiger partial charge in [0.15, 0.2) is 11.5 Å². The van der Waals surface area contributed by atoms with Crippen LogP contribution in [0.5, 0.6) is 17.2 Å². The Morgan fingerprint density at radius 3 is 2.13 bits per heavy atom. The molecule has 168 valence electrons. The lowest BCUT2D eigenvalue weighted by molar-refractivity contribution is 0.102. The van der Waals surface area contributed by atoms with E-state index < -0.39 is 0 Å². The largest absolute Gasteiger partial charge is 0.493 e. The number of hydrogen-bond acceptors (Lipinski definition) is 7. The number of nitrogens with two attached hydrogens (primary N) is 1. The molecule has 2 aromatic carbocycles. The lowest BCUT2D eigenvalue weighted by Crippen LogP contribution is -2.46. The third kappa shape index (κ3) is 4.80. The fraction of sp³-hybridized carbons (Fsp3) is 0.435. The van der Waals surface area contributed by atoms with Crippen LogP contribution in [-0.4, -0.2) is 64.9 Å². The van der Waals surface area contributed by atoms with Gasteiger partial charge in [-0.15, -0.1) is 0 Å². The highest BCUT2D eigenvalue weighted by Gasteiger charge is 2.21. The van der Waals surface area contributed by atoms with Gasteiger partial charge in [0.1, 0.15) is 0 Å². The number of likely N-dealkylation sites (N-methyl/N-ethyl adjacent to an activating group) is 1. The Bertz CT molecular complexity index is 914. The van der Waals surface area contributed by atoms with E-state index in [1.54, 1.807) is 12.1 Å². The molecule has 1 aliphatic rings. The predicted octanol–water partition coefficient (Wildman–Crippen LogP) is 3.00. The number of benzene rings is 2. The molecule has 8 nitrogen and oxygen atoms in total. The lowest BCUT2D eigenvalue weighted by Gasteiger charge is -2.36. The second kappa shape index (κ2) is 9.78. The van der Waals surface area contributed by atoms with Crippen LogP contribution < -0.4 is 30.2 Å². The molecular formula is C23H32N4O4. The normalized spacial score (nSPS) is 14.3. The van der Waals surface area contributed by atoms with Gasteiger partial charge >= 0.3 is 0 Å². The minimum Gasteiger partial charge on any atom is -0.493 e. The standard InChI is InChI=1S/C23H32N4O4/c1-6-26-7-9-27(10-8-26)19-14-18(17(24)11-15(19)2)25-23(28)16-12-20(29-3)22(31-5)21(13-16)30-4/h11-14H,6-10,24H2,1-5H3,(H,25,28). The van der Waals surface area contributed by atoms with Crippen LogP contribution in [0.2, 0.25) is 0 Å². The molecule has 0 radical (unpaired) electrons. The van der Waals surface area contributed by atoms with Crippen LogP contribution in [0.1, 0.15) is 22.8 Å². The molecule has 31 heavy (non-hydrogen) atoms. The number of ether oxygens (including phenoxy) is 3. The number of nitrogens with one attached hydrogen (secondary N) is 1. The smallest absolute Gasteiger partial charge is 0.255 e. The van der Waals surface area contributed by atoms with E-state index in [0.717, 1.165) is 44.0 Å². The van der Waals surface area contributed by atoms with E-state index in [4.69, 9.17) is 19.9 Å². The number of nitrogens with zero attached hydrogens (tertiary/aromatic N) is 2. The van der Waals surface area contributed by atoms with Crippen molar-refractivity contribution in [2.24, 2.45) is 0 Å². The second-order valence-electron chi connectivity index (χ2n) is 7.52. The van der Waals surface area contributed by atoms with Gasteiger partial charge in [-0.3, -0.25) is 4.79 Å². The third-order valence-electron chi connectivity index (χ3n) is 5.70. The van der Waals surface area contributed by atoms with Crippen LogP contribution in [0.25, 0.3) is 0 Å².